The highest BCUT2D eigenvalue weighted by Gasteiger charge is 2.52. The van der Waals surface area contributed by atoms with Gasteiger partial charge < -0.3 is 10.6 Å². The summed E-state index contributed by atoms with van der Waals surface area (Å²) in [5.41, 5.74) is -0.816. The lowest BCUT2D eigenvalue weighted by atomic mass is 9.77. The van der Waals surface area contributed by atoms with E-state index in [9.17, 15) is 14.4 Å². The van der Waals surface area contributed by atoms with Crippen molar-refractivity contribution in [2.24, 2.45) is 5.92 Å². The van der Waals surface area contributed by atoms with Crippen LogP contribution in [0.25, 0.3) is 0 Å². The monoisotopic (exact) mass is 347 g/mol. The number of aromatic nitrogens is 2. The second-order valence-electron chi connectivity index (χ2n) is 7.39. The first-order valence-corrected chi connectivity index (χ1v) is 8.80. The molecule has 0 atom stereocenters. The minimum absolute atomic E-state index is 0.0921. The largest absolute Gasteiger partial charge is 0.325 e. The number of rotatable bonds is 4. The molecular weight excluding hydrogens is 322 g/mol. The molecule has 25 heavy (non-hydrogen) atoms. The fourth-order valence-electron chi connectivity index (χ4n) is 3.56. The molecule has 8 heteroatoms. The maximum absolute atomic E-state index is 12.8. The van der Waals surface area contributed by atoms with E-state index < -0.39 is 17.5 Å². The number of amides is 4. The van der Waals surface area contributed by atoms with Gasteiger partial charge in [-0.05, 0) is 45.4 Å². The minimum Gasteiger partial charge on any atom is -0.323 e. The van der Waals surface area contributed by atoms with Gasteiger partial charge in [0.1, 0.15) is 17.9 Å². The molecule has 0 radical (unpaired) electrons. The Morgan fingerprint density at radius 2 is 2.08 bits per heavy atom. The molecule has 1 aliphatic heterocycles. The molecule has 3 rings (SSSR count). The fraction of sp³-hybridized carbons (Fsp3) is 0.647. The number of carbonyl (C=O) groups excluding carboxylic acids is 3. The van der Waals surface area contributed by atoms with Gasteiger partial charge in [0.15, 0.2) is 0 Å². The molecule has 136 valence electrons. The number of carbonyl (C=O) groups is 3. The lowest BCUT2D eigenvalue weighted by molar-refractivity contribution is -0.135. The minimum atomic E-state index is -0.816. The van der Waals surface area contributed by atoms with E-state index >= 15 is 0 Å². The van der Waals surface area contributed by atoms with Gasteiger partial charge in [0.05, 0.1) is 6.20 Å². The molecule has 1 saturated carbocycles. The van der Waals surface area contributed by atoms with Gasteiger partial charge in [0.25, 0.3) is 5.91 Å². The maximum atomic E-state index is 12.8. The zero-order valence-corrected chi connectivity index (χ0v) is 14.9. The van der Waals surface area contributed by atoms with E-state index in [1.54, 1.807) is 16.9 Å². The topological polar surface area (TPSA) is 96.3 Å². The van der Waals surface area contributed by atoms with Crippen molar-refractivity contribution in [2.75, 3.05) is 11.9 Å². The van der Waals surface area contributed by atoms with E-state index in [0.717, 1.165) is 17.7 Å². The average molecular weight is 347 g/mol. The van der Waals surface area contributed by atoms with E-state index in [-0.39, 0.29) is 18.5 Å². The highest BCUT2D eigenvalue weighted by Crippen LogP contribution is 2.36. The fourth-order valence-corrected chi connectivity index (χ4v) is 3.56. The first-order chi connectivity index (χ1) is 11.8. The summed E-state index contributed by atoms with van der Waals surface area (Å²) in [6, 6.07) is 1.30. The van der Waals surface area contributed by atoms with Crippen LogP contribution in [-0.4, -0.2) is 44.6 Å². The van der Waals surface area contributed by atoms with Crippen molar-refractivity contribution in [1.82, 2.24) is 20.0 Å². The van der Waals surface area contributed by atoms with Gasteiger partial charge in [0.2, 0.25) is 5.91 Å². The summed E-state index contributed by atoms with van der Waals surface area (Å²) in [7, 11) is 0. The van der Waals surface area contributed by atoms with E-state index in [1.165, 1.54) is 0 Å². The Bertz CT molecular complexity index is 688. The molecule has 0 aromatic carbocycles. The summed E-state index contributed by atoms with van der Waals surface area (Å²) in [5.74, 6) is 0.418. The number of hydrogen-bond donors (Lipinski definition) is 2. The van der Waals surface area contributed by atoms with Crippen molar-refractivity contribution in [3.8, 4) is 0 Å². The summed E-state index contributed by atoms with van der Waals surface area (Å²) in [6.07, 6.45) is 4.68. The Morgan fingerprint density at radius 1 is 1.40 bits per heavy atom. The van der Waals surface area contributed by atoms with Crippen molar-refractivity contribution >= 4 is 23.7 Å². The third kappa shape index (κ3) is 3.25. The van der Waals surface area contributed by atoms with Gasteiger partial charge in [0, 0.05) is 12.1 Å². The molecule has 1 spiro atoms. The highest BCUT2D eigenvalue weighted by atomic mass is 16.2. The van der Waals surface area contributed by atoms with Gasteiger partial charge in [-0.15, -0.1) is 0 Å². The smallest absolute Gasteiger partial charge is 0.323 e. The first kappa shape index (κ1) is 17.4. The Hall–Kier alpha value is -2.38. The summed E-state index contributed by atoms with van der Waals surface area (Å²) < 4.78 is 1.67. The van der Waals surface area contributed by atoms with Crippen LogP contribution in [0.5, 0.6) is 0 Å². The van der Waals surface area contributed by atoms with Crippen molar-refractivity contribution < 1.29 is 14.4 Å². The molecule has 0 unspecified atom stereocenters. The molecule has 2 heterocycles. The predicted molar refractivity (Wildman–Crippen MR) is 91.8 cm³/mol. The van der Waals surface area contributed by atoms with Crippen LogP contribution < -0.4 is 10.6 Å². The molecule has 2 fully saturated rings. The van der Waals surface area contributed by atoms with E-state index in [4.69, 9.17) is 0 Å². The third-order valence-electron chi connectivity index (χ3n) is 5.10. The molecular formula is C17H25N5O3. The Kier molecular flexibility index (Phi) is 4.53. The van der Waals surface area contributed by atoms with Crippen LogP contribution >= 0.6 is 0 Å². The summed E-state index contributed by atoms with van der Waals surface area (Å²) in [5, 5.41) is 9.70. The molecule has 1 aromatic heterocycles. The van der Waals surface area contributed by atoms with Crippen molar-refractivity contribution in [2.45, 2.75) is 58.0 Å². The van der Waals surface area contributed by atoms with Gasteiger partial charge in [-0.2, -0.15) is 5.10 Å². The number of urea groups is 1. The second-order valence-corrected chi connectivity index (χ2v) is 7.39. The normalized spacial score (nSPS) is 26.4. The van der Waals surface area contributed by atoms with Gasteiger partial charge in [-0.1, -0.05) is 6.92 Å². The standard InChI is InChI=1S/C17H25N5O3/c1-11(2)22-13(6-9-18-22)19-14(23)10-21-15(24)17(20-16(21)25)7-4-12(3)5-8-17/h6,9,11-12H,4-5,7-8,10H2,1-3H3,(H,19,23)(H,20,25). The lowest BCUT2D eigenvalue weighted by Crippen LogP contribution is -2.49. The molecule has 4 amide bonds. The number of imide groups is 1. The number of nitrogens with one attached hydrogen (secondary N) is 2. The van der Waals surface area contributed by atoms with Gasteiger partial charge in [-0.3, -0.25) is 14.5 Å². The molecule has 1 saturated heterocycles. The van der Waals surface area contributed by atoms with Gasteiger partial charge >= 0.3 is 6.03 Å². The average Bonchev–Trinajstić information content (AvgIpc) is 3.10. The molecule has 1 aliphatic carbocycles. The number of nitrogens with zero attached hydrogens (tertiary/aromatic N) is 3. The van der Waals surface area contributed by atoms with Crippen LogP contribution in [0.15, 0.2) is 12.3 Å². The molecule has 2 aliphatic rings. The SMILES string of the molecule is CC1CCC2(CC1)NC(=O)N(CC(=O)Nc1ccnn1C(C)C)C2=O. The van der Waals surface area contributed by atoms with Crippen LogP contribution in [0, 0.1) is 5.92 Å². The Morgan fingerprint density at radius 3 is 2.72 bits per heavy atom. The summed E-state index contributed by atoms with van der Waals surface area (Å²) >= 11 is 0. The van der Waals surface area contributed by atoms with Crippen molar-refractivity contribution in [3.05, 3.63) is 12.3 Å². The van der Waals surface area contributed by atoms with E-state index in [0.29, 0.717) is 24.6 Å². The summed E-state index contributed by atoms with van der Waals surface area (Å²) in [6.45, 7) is 5.77. The van der Waals surface area contributed by atoms with Crippen LogP contribution in [-0.2, 0) is 9.59 Å². The number of hydrogen-bond acceptors (Lipinski definition) is 4. The Labute approximate surface area is 146 Å². The van der Waals surface area contributed by atoms with Crippen LogP contribution in [0.3, 0.4) is 0 Å². The van der Waals surface area contributed by atoms with Crippen molar-refractivity contribution in [1.29, 1.82) is 0 Å². The molecule has 1 aromatic rings. The highest BCUT2D eigenvalue weighted by molar-refractivity contribution is 6.10. The zero-order chi connectivity index (χ0) is 18.2. The summed E-state index contributed by atoms with van der Waals surface area (Å²) in [4.78, 5) is 38.4. The lowest BCUT2D eigenvalue weighted by Gasteiger charge is -2.33. The van der Waals surface area contributed by atoms with Crippen LogP contribution in [0.4, 0.5) is 10.6 Å². The van der Waals surface area contributed by atoms with E-state index in [2.05, 4.69) is 22.7 Å². The zero-order valence-electron chi connectivity index (χ0n) is 14.9. The molecule has 0 bridgehead atoms. The van der Waals surface area contributed by atoms with Crippen LogP contribution in [0.1, 0.15) is 52.5 Å². The third-order valence-corrected chi connectivity index (χ3v) is 5.10. The quantitative estimate of drug-likeness (QED) is 0.813. The van der Waals surface area contributed by atoms with Crippen molar-refractivity contribution in [3.63, 3.8) is 0 Å². The second kappa shape index (κ2) is 6.50. The first-order valence-electron chi connectivity index (χ1n) is 8.80. The number of anilines is 1. The van der Waals surface area contributed by atoms with Gasteiger partial charge in [-0.25, -0.2) is 9.48 Å². The Balaban J connectivity index is 1.66. The molecule has 2 N–H and O–H groups in total. The van der Waals surface area contributed by atoms with E-state index in [1.807, 2.05) is 13.8 Å². The van der Waals surface area contributed by atoms with Crippen LogP contribution in [0.2, 0.25) is 0 Å². The maximum Gasteiger partial charge on any atom is 0.325 e. The molecule has 8 nitrogen and oxygen atoms in total. The predicted octanol–water partition coefficient (Wildman–Crippen LogP) is 1.90.